The Hall–Kier alpha value is -2.59. The third-order valence-electron chi connectivity index (χ3n) is 6.27. The molecule has 0 atom stereocenters. The lowest BCUT2D eigenvalue weighted by Crippen LogP contribution is -2.28. The molecule has 0 bridgehead atoms. The summed E-state index contributed by atoms with van der Waals surface area (Å²) in [4.78, 5) is 18.6. The van der Waals surface area contributed by atoms with Gasteiger partial charge in [-0.25, -0.2) is 0 Å². The lowest BCUT2D eigenvalue weighted by Gasteiger charge is -2.26. The van der Waals surface area contributed by atoms with Crippen LogP contribution >= 0.6 is 0 Å². The fourth-order valence-corrected chi connectivity index (χ4v) is 4.77. The Morgan fingerprint density at radius 3 is 2.71 bits per heavy atom. The monoisotopic (exact) mass is 373 g/mol. The lowest BCUT2D eigenvalue weighted by molar-refractivity contribution is 0.0966. The third kappa shape index (κ3) is 3.02. The van der Waals surface area contributed by atoms with Gasteiger partial charge in [0.1, 0.15) is 0 Å². The fourth-order valence-electron chi connectivity index (χ4n) is 4.77. The molecule has 0 spiro atoms. The number of rotatable bonds is 4. The zero-order valence-electron chi connectivity index (χ0n) is 16.5. The molecule has 28 heavy (non-hydrogen) atoms. The van der Waals surface area contributed by atoms with Gasteiger partial charge in [-0.2, -0.15) is 0 Å². The molecule has 0 aliphatic carbocycles. The van der Waals surface area contributed by atoms with Crippen molar-refractivity contribution in [2.24, 2.45) is 0 Å². The second kappa shape index (κ2) is 7.10. The van der Waals surface area contributed by atoms with Gasteiger partial charge in [0.2, 0.25) is 0 Å². The maximum atomic E-state index is 12.5. The number of hydrogen-bond donors (Lipinski definition) is 2. The summed E-state index contributed by atoms with van der Waals surface area (Å²) in [5.41, 5.74) is 7.80. The number of nitrogens with one attached hydrogen (secondary N) is 2. The van der Waals surface area contributed by atoms with E-state index in [1.807, 2.05) is 0 Å². The van der Waals surface area contributed by atoms with Crippen LogP contribution in [0.3, 0.4) is 0 Å². The summed E-state index contributed by atoms with van der Waals surface area (Å²) < 4.78 is 0. The largest absolute Gasteiger partial charge is 0.355 e. The molecule has 2 aliphatic rings. The van der Waals surface area contributed by atoms with E-state index >= 15 is 0 Å². The molecule has 0 unspecified atom stereocenters. The smallest absolute Gasteiger partial charge is 0.252 e. The molecule has 1 amide bonds. The molecule has 1 fully saturated rings. The summed E-state index contributed by atoms with van der Waals surface area (Å²) >= 11 is 0. The van der Waals surface area contributed by atoms with Crippen LogP contribution in [0.25, 0.3) is 22.2 Å². The molecule has 2 N–H and O–H groups in total. The number of fused-ring (bicyclic) bond motifs is 2. The number of aromatic amines is 1. The Morgan fingerprint density at radius 1 is 1.04 bits per heavy atom. The van der Waals surface area contributed by atoms with Crippen LogP contribution in [-0.4, -0.2) is 28.9 Å². The summed E-state index contributed by atoms with van der Waals surface area (Å²) in [5, 5.41) is 4.22. The fraction of sp³-hybridized carbons (Fsp3) is 0.375. The minimum absolute atomic E-state index is 0.0461. The number of benzene rings is 2. The van der Waals surface area contributed by atoms with Crippen molar-refractivity contribution in [2.45, 2.75) is 45.7 Å². The van der Waals surface area contributed by atoms with Gasteiger partial charge in [0.05, 0.1) is 5.56 Å². The number of amides is 1. The van der Waals surface area contributed by atoms with E-state index in [4.69, 9.17) is 0 Å². The van der Waals surface area contributed by atoms with Gasteiger partial charge in [-0.1, -0.05) is 31.5 Å². The lowest BCUT2D eigenvalue weighted by atomic mass is 9.95. The van der Waals surface area contributed by atoms with E-state index in [0.717, 1.165) is 40.9 Å². The zero-order valence-corrected chi connectivity index (χ0v) is 16.5. The first kappa shape index (κ1) is 17.5. The van der Waals surface area contributed by atoms with Crippen molar-refractivity contribution < 1.29 is 4.79 Å². The van der Waals surface area contributed by atoms with Crippen molar-refractivity contribution in [3.05, 3.63) is 58.7 Å². The van der Waals surface area contributed by atoms with Crippen LogP contribution in [0.15, 0.2) is 36.4 Å². The minimum Gasteiger partial charge on any atom is -0.355 e. The van der Waals surface area contributed by atoms with Crippen LogP contribution in [0, 0.1) is 0 Å². The van der Waals surface area contributed by atoms with Gasteiger partial charge in [-0.3, -0.25) is 9.69 Å². The first-order chi connectivity index (χ1) is 13.7. The maximum absolute atomic E-state index is 12.5. The topological polar surface area (TPSA) is 48.1 Å². The van der Waals surface area contributed by atoms with E-state index in [-0.39, 0.29) is 5.91 Å². The van der Waals surface area contributed by atoms with Crippen LogP contribution in [0.1, 0.15) is 53.2 Å². The van der Waals surface area contributed by atoms with E-state index < -0.39 is 0 Å². The quantitative estimate of drug-likeness (QED) is 0.701. The first-order valence-corrected chi connectivity index (χ1v) is 10.5. The number of aromatic nitrogens is 1. The zero-order chi connectivity index (χ0) is 19.1. The van der Waals surface area contributed by atoms with Crippen molar-refractivity contribution >= 4 is 16.8 Å². The van der Waals surface area contributed by atoms with E-state index in [1.54, 1.807) is 0 Å². The number of piperidine rings is 1. The summed E-state index contributed by atoms with van der Waals surface area (Å²) in [6, 6.07) is 13.2. The molecule has 3 heterocycles. The number of nitrogens with zero attached hydrogens (tertiary/aromatic N) is 1. The van der Waals surface area contributed by atoms with E-state index in [9.17, 15) is 4.79 Å². The van der Waals surface area contributed by atoms with Crippen molar-refractivity contribution in [3.8, 4) is 11.3 Å². The summed E-state index contributed by atoms with van der Waals surface area (Å²) in [7, 11) is 0. The molecule has 3 aromatic rings. The Balaban J connectivity index is 1.51. The Kier molecular flexibility index (Phi) is 4.44. The summed E-state index contributed by atoms with van der Waals surface area (Å²) in [5.74, 6) is 0.0461. The van der Waals surface area contributed by atoms with E-state index in [0.29, 0.717) is 6.54 Å². The predicted molar refractivity (Wildman–Crippen MR) is 113 cm³/mol. The van der Waals surface area contributed by atoms with Crippen molar-refractivity contribution in [1.29, 1.82) is 0 Å². The molecular weight excluding hydrogens is 346 g/mol. The van der Waals surface area contributed by atoms with Gasteiger partial charge in [0.25, 0.3) is 5.91 Å². The van der Waals surface area contributed by atoms with Crippen LogP contribution in [0.2, 0.25) is 0 Å². The summed E-state index contributed by atoms with van der Waals surface area (Å²) in [6.07, 6.45) is 4.95. The average Bonchev–Trinajstić information content (AvgIpc) is 3.32. The van der Waals surface area contributed by atoms with Gasteiger partial charge in [-0.05, 0) is 67.2 Å². The summed E-state index contributed by atoms with van der Waals surface area (Å²) in [6.45, 7) is 6.23. The molecule has 4 heteroatoms. The second-order valence-corrected chi connectivity index (χ2v) is 8.10. The molecule has 5 rings (SSSR count). The number of likely N-dealkylation sites (tertiary alicyclic amines) is 1. The highest BCUT2D eigenvalue weighted by Gasteiger charge is 2.26. The SMILES string of the molecule is CCc1ccc(-c2cc3cc(CN4CCCCC4)ccc3[nH]2)c2c1CNC2=O. The van der Waals surface area contributed by atoms with E-state index in [1.165, 1.54) is 48.9 Å². The molecule has 0 saturated carbocycles. The predicted octanol–water partition coefficient (Wildman–Crippen LogP) is 4.63. The van der Waals surface area contributed by atoms with Gasteiger partial charge in [-0.15, -0.1) is 0 Å². The number of hydrogen-bond acceptors (Lipinski definition) is 2. The highest BCUT2D eigenvalue weighted by Crippen LogP contribution is 2.33. The Morgan fingerprint density at radius 2 is 1.89 bits per heavy atom. The molecule has 144 valence electrons. The molecule has 1 saturated heterocycles. The molecule has 0 radical (unpaired) electrons. The standard InChI is InChI=1S/C24H27N3O/c1-2-17-7-8-19(23-20(17)14-25-24(23)28)22-13-18-12-16(6-9-21(18)26-22)15-27-10-4-3-5-11-27/h6-9,12-13,26H,2-5,10-11,14-15H2,1H3,(H,25,28). The third-order valence-corrected chi connectivity index (χ3v) is 6.27. The van der Waals surface area contributed by atoms with Crippen molar-refractivity contribution in [1.82, 2.24) is 15.2 Å². The molecule has 4 nitrogen and oxygen atoms in total. The number of aryl methyl sites for hydroxylation is 1. The molecule has 1 aromatic heterocycles. The van der Waals surface area contributed by atoms with Crippen LogP contribution in [0.5, 0.6) is 0 Å². The maximum Gasteiger partial charge on any atom is 0.252 e. The molecule has 2 aromatic carbocycles. The number of carbonyl (C=O) groups is 1. The Labute approximate surface area is 165 Å². The Bertz CT molecular complexity index is 1040. The van der Waals surface area contributed by atoms with Crippen molar-refractivity contribution in [3.63, 3.8) is 0 Å². The van der Waals surface area contributed by atoms with Gasteiger partial charge < -0.3 is 10.3 Å². The molecular formula is C24H27N3O. The van der Waals surface area contributed by atoms with Crippen LogP contribution < -0.4 is 5.32 Å². The van der Waals surface area contributed by atoms with Gasteiger partial charge >= 0.3 is 0 Å². The van der Waals surface area contributed by atoms with E-state index in [2.05, 4.69) is 58.5 Å². The van der Waals surface area contributed by atoms with Gasteiger partial charge in [0, 0.05) is 35.2 Å². The first-order valence-electron chi connectivity index (χ1n) is 10.5. The highest BCUT2D eigenvalue weighted by molar-refractivity contribution is 6.05. The van der Waals surface area contributed by atoms with Crippen LogP contribution in [-0.2, 0) is 19.5 Å². The average molecular weight is 374 g/mol. The minimum atomic E-state index is 0.0461. The second-order valence-electron chi connectivity index (χ2n) is 8.10. The highest BCUT2D eigenvalue weighted by atomic mass is 16.1. The van der Waals surface area contributed by atoms with Gasteiger partial charge in [0.15, 0.2) is 0 Å². The van der Waals surface area contributed by atoms with Crippen LogP contribution in [0.4, 0.5) is 0 Å². The van der Waals surface area contributed by atoms with Crippen molar-refractivity contribution in [2.75, 3.05) is 13.1 Å². The molecule has 2 aliphatic heterocycles. The normalized spacial score (nSPS) is 17.1. The number of H-pyrrole nitrogens is 1. The number of carbonyl (C=O) groups excluding carboxylic acids is 1.